The first-order valence-electron chi connectivity index (χ1n) is 4.51. The molecule has 0 radical (unpaired) electrons. The molecule has 70 valence electrons. The van der Waals surface area contributed by atoms with Gasteiger partial charge in [-0.1, -0.05) is 30.3 Å². The van der Waals surface area contributed by atoms with Crippen molar-refractivity contribution in [1.29, 1.82) is 0 Å². The monoisotopic (exact) mass is 185 g/mol. The zero-order valence-electron chi connectivity index (χ0n) is 7.67. The first-order chi connectivity index (χ1) is 6.88. The molecular weight excluding hydrogens is 174 g/mol. The van der Waals surface area contributed by atoms with Crippen molar-refractivity contribution >= 4 is 0 Å². The van der Waals surface area contributed by atoms with Crippen LogP contribution in [0.1, 0.15) is 17.2 Å². The first-order valence-corrected chi connectivity index (χ1v) is 4.51. The lowest BCUT2D eigenvalue weighted by atomic mass is 10.0. The van der Waals surface area contributed by atoms with Gasteiger partial charge >= 0.3 is 0 Å². The van der Waals surface area contributed by atoms with Crippen LogP contribution in [0, 0.1) is 0 Å². The Hall–Kier alpha value is -1.67. The number of benzene rings is 1. The zero-order chi connectivity index (χ0) is 9.80. The Morgan fingerprint density at radius 1 is 0.857 bits per heavy atom. The Kier molecular flexibility index (Phi) is 2.56. The normalized spacial score (nSPS) is 12.4. The van der Waals surface area contributed by atoms with Gasteiger partial charge in [-0.25, -0.2) is 0 Å². The average molecular weight is 185 g/mol. The van der Waals surface area contributed by atoms with E-state index in [0.29, 0.717) is 0 Å². The molecule has 1 heterocycles. The van der Waals surface area contributed by atoms with Crippen LogP contribution in [0.25, 0.3) is 0 Å². The largest absolute Gasteiger partial charge is 0.384 e. The van der Waals surface area contributed by atoms with Crippen LogP contribution >= 0.6 is 0 Å². The number of hydrogen-bond acceptors (Lipinski definition) is 2. The summed E-state index contributed by atoms with van der Waals surface area (Å²) in [6.07, 6.45) is 2.81. The summed E-state index contributed by atoms with van der Waals surface area (Å²) in [5.41, 5.74) is 1.77. The van der Waals surface area contributed by atoms with Gasteiger partial charge in [0.2, 0.25) is 0 Å². The molecule has 0 spiro atoms. The third kappa shape index (κ3) is 1.80. The van der Waals surface area contributed by atoms with Gasteiger partial charge in [-0.2, -0.15) is 0 Å². The number of aliphatic hydroxyl groups is 1. The Labute approximate surface area is 82.9 Å². The van der Waals surface area contributed by atoms with Crippen molar-refractivity contribution < 1.29 is 5.11 Å². The van der Waals surface area contributed by atoms with Crippen LogP contribution < -0.4 is 0 Å². The third-order valence-electron chi connectivity index (χ3n) is 2.14. The van der Waals surface area contributed by atoms with E-state index in [4.69, 9.17) is 0 Å². The maximum absolute atomic E-state index is 9.96. The van der Waals surface area contributed by atoms with E-state index in [1.165, 1.54) is 0 Å². The van der Waals surface area contributed by atoms with Gasteiger partial charge < -0.3 is 5.11 Å². The predicted octanol–water partition coefficient (Wildman–Crippen LogP) is 2.16. The van der Waals surface area contributed by atoms with Crippen molar-refractivity contribution in [2.75, 3.05) is 0 Å². The average Bonchev–Trinajstić information content (AvgIpc) is 2.30. The van der Waals surface area contributed by atoms with Crippen molar-refractivity contribution in [1.82, 2.24) is 4.98 Å². The summed E-state index contributed by atoms with van der Waals surface area (Å²) in [6, 6.07) is 13.2. The minimum absolute atomic E-state index is 0.556. The van der Waals surface area contributed by atoms with Crippen LogP contribution in [0.2, 0.25) is 0 Å². The topological polar surface area (TPSA) is 33.1 Å². The van der Waals surface area contributed by atoms with E-state index in [2.05, 4.69) is 4.98 Å². The number of aromatic nitrogens is 1. The van der Waals surface area contributed by atoms with Gasteiger partial charge in [0, 0.05) is 12.4 Å². The van der Waals surface area contributed by atoms with E-state index >= 15 is 0 Å². The second-order valence-corrected chi connectivity index (χ2v) is 3.09. The van der Waals surface area contributed by atoms with E-state index in [1.54, 1.807) is 12.4 Å². The Morgan fingerprint density at radius 2 is 1.43 bits per heavy atom. The molecule has 0 saturated heterocycles. The van der Waals surface area contributed by atoms with Crippen LogP contribution in [0.3, 0.4) is 0 Å². The predicted molar refractivity (Wildman–Crippen MR) is 54.7 cm³/mol. The highest BCUT2D eigenvalue weighted by Crippen LogP contribution is 2.20. The number of rotatable bonds is 2. The van der Waals surface area contributed by atoms with Crippen LogP contribution in [-0.2, 0) is 0 Å². The van der Waals surface area contributed by atoms with E-state index in [9.17, 15) is 5.11 Å². The fraction of sp³-hybridized carbons (Fsp3) is 0.0833. The molecule has 1 aromatic carbocycles. The van der Waals surface area contributed by atoms with Crippen LogP contribution in [-0.4, -0.2) is 10.1 Å². The van der Waals surface area contributed by atoms with E-state index in [-0.39, 0.29) is 0 Å². The summed E-state index contributed by atoms with van der Waals surface area (Å²) in [4.78, 5) is 3.91. The highest BCUT2D eigenvalue weighted by molar-refractivity contribution is 5.27. The molecule has 1 N–H and O–H groups in total. The quantitative estimate of drug-likeness (QED) is 0.777. The standard InChI is InChI=1S/C12H11NO/c14-12(10-4-2-1-3-5-10)11-6-8-13-9-7-11/h1-9,12,14H/t12-/m0/s1. The second-order valence-electron chi connectivity index (χ2n) is 3.09. The molecule has 0 aliphatic rings. The van der Waals surface area contributed by atoms with Crippen molar-refractivity contribution in [3.8, 4) is 0 Å². The summed E-state index contributed by atoms with van der Waals surface area (Å²) < 4.78 is 0. The fourth-order valence-electron chi connectivity index (χ4n) is 1.37. The highest BCUT2D eigenvalue weighted by Gasteiger charge is 2.08. The molecule has 1 atom stereocenters. The molecule has 1 aromatic heterocycles. The highest BCUT2D eigenvalue weighted by atomic mass is 16.3. The maximum Gasteiger partial charge on any atom is 0.104 e. The molecule has 0 amide bonds. The summed E-state index contributed by atoms with van der Waals surface area (Å²) in [5.74, 6) is 0. The number of pyridine rings is 1. The molecule has 2 rings (SSSR count). The molecule has 2 aromatic rings. The van der Waals surface area contributed by atoms with Crippen LogP contribution in [0.5, 0.6) is 0 Å². The number of aliphatic hydroxyl groups excluding tert-OH is 1. The summed E-state index contributed by atoms with van der Waals surface area (Å²) in [5, 5.41) is 9.96. The van der Waals surface area contributed by atoms with Gasteiger partial charge in [-0.3, -0.25) is 4.98 Å². The Morgan fingerprint density at radius 3 is 2.07 bits per heavy atom. The number of nitrogens with zero attached hydrogens (tertiary/aromatic N) is 1. The van der Waals surface area contributed by atoms with E-state index < -0.39 is 6.10 Å². The summed E-state index contributed by atoms with van der Waals surface area (Å²) in [7, 11) is 0. The molecule has 0 aliphatic carbocycles. The van der Waals surface area contributed by atoms with Gasteiger partial charge in [0.15, 0.2) is 0 Å². The van der Waals surface area contributed by atoms with Gasteiger partial charge in [-0.05, 0) is 23.3 Å². The zero-order valence-corrected chi connectivity index (χ0v) is 7.67. The molecule has 0 bridgehead atoms. The molecule has 0 saturated carbocycles. The molecule has 2 nitrogen and oxygen atoms in total. The number of hydrogen-bond donors (Lipinski definition) is 1. The van der Waals surface area contributed by atoms with Crippen LogP contribution in [0.4, 0.5) is 0 Å². The van der Waals surface area contributed by atoms with E-state index in [1.807, 2.05) is 42.5 Å². The molecule has 0 unspecified atom stereocenters. The Bertz CT molecular complexity index is 346. The Balaban J connectivity index is 2.30. The van der Waals surface area contributed by atoms with Gasteiger partial charge in [0.1, 0.15) is 6.10 Å². The lowest BCUT2D eigenvalue weighted by Crippen LogP contribution is -1.98. The molecule has 14 heavy (non-hydrogen) atoms. The molecular formula is C12H11NO. The van der Waals surface area contributed by atoms with Gasteiger partial charge in [0.25, 0.3) is 0 Å². The summed E-state index contributed by atoms with van der Waals surface area (Å²) in [6.45, 7) is 0. The van der Waals surface area contributed by atoms with Gasteiger partial charge in [-0.15, -0.1) is 0 Å². The van der Waals surface area contributed by atoms with Gasteiger partial charge in [0.05, 0.1) is 0 Å². The second kappa shape index (κ2) is 4.03. The molecule has 2 heteroatoms. The van der Waals surface area contributed by atoms with Crippen molar-refractivity contribution in [3.05, 3.63) is 66.0 Å². The lowest BCUT2D eigenvalue weighted by Gasteiger charge is -2.10. The smallest absolute Gasteiger partial charge is 0.104 e. The molecule has 0 fully saturated rings. The van der Waals surface area contributed by atoms with Crippen LogP contribution in [0.15, 0.2) is 54.9 Å². The SMILES string of the molecule is O[C@@H](c1ccccc1)c1ccncc1. The maximum atomic E-state index is 9.96. The van der Waals surface area contributed by atoms with Crippen molar-refractivity contribution in [2.24, 2.45) is 0 Å². The minimum atomic E-state index is -0.556. The minimum Gasteiger partial charge on any atom is -0.384 e. The van der Waals surface area contributed by atoms with Crippen molar-refractivity contribution in [3.63, 3.8) is 0 Å². The summed E-state index contributed by atoms with van der Waals surface area (Å²) >= 11 is 0. The van der Waals surface area contributed by atoms with E-state index in [0.717, 1.165) is 11.1 Å². The third-order valence-corrected chi connectivity index (χ3v) is 2.14. The first kappa shape index (κ1) is 8.91. The molecule has 0 aliphatic heterocycles. The fourth-order valence-corrected chi connectivity index (χ4v) is 1.37. The lowest BCUT2D eigenvalue weighted by molar-refractivity contribution is 0.220. The van der Waals surface area contributed by atoms with Crippen molar-refractivity contribution in [2.45, 2.75) is 6.10 Å².